The molecule has 3 rings (SSSR count). The normalized spacial score (nSPS) is 15.1. The van der Waals surface area contributed by atoms with E-state index in [1.54, 1.807) is 12.1 Å². The van der Waals surface area contributed by atoms with Crippen molar-refractivity contribution in [1.82, 2.24) is 0 Å². The van der Waals surface area contributed by atoms with Crippen LogP contribution >= 0.6 is 0 Å². The Morgan fingerprint density at radius 2 is 1.70 bits per heavy atom. The Labute approximate surface area is 154 Å². The summed E-state index contributed by atoms with van der Waals surface area (Å²) in [6, 6.07) is 11.1. The summed E-state index contributed by atoms with van der Waals surface area (Å²) in [5.41, 5.74) is -0.451. The molecule has 0 atom stereocenters. The van der Waals surface area contributed by atoms with Crippen molar-refractivity contribution in [1.29, 1.82) is 0 Å². The number of halogens is 4. The Morgan fingerprint density at radius 3 is 2.33 bits per heavy atom. The van der Waals surface area contributed by atoms with Crippen LogP contribution in [0.3, 0.4) is 0 Å². The van der Waals surface area contributed by atoms with E-state index in [4.69, 9.17) is 0 Å². The van der Waals surface area contributed by atoms with Crippen molar-refractivity contribution in [3.63, 3.8) is 0 Å². The molecular weight excluding hydrogens is 360 g/mol. The highest BCUT2D eigenvalue weighted by Crippen LogP contribution is 2.34. The van der Waals surface area contributed by atoms with Gasteiger partial charge in [-0.05, 0) is 36.6 Å². The molecule has 1 heterocycles. The van der Waals surface area contributed by atoms with Gasteiger partial charge in [0.05, 0.1) is 5.57 Å². The smallest absolute Gasteiger partial charge is 0.371 e. The summed E-state index contributed by atoms with van der Waals surface area (Å²) in [6.07, 6.45) is -2.21. The van der Waals surface area contributed by atoms with Gasteiger partial charge in [-0.1, -0.05) is 30.3 Å². The third-order valence-electron chi connectivity index (χ3n) is 4.29. The average molecular weight is 378 g/mol. The fourth-order valence-electron chi connectivity index (χ4n) is 3.06. The summed E-state index contributed by atoms with van der Waals surface area (Å²) in [6.45, 7) is 1.56. The molecular formula is C20H18F4N2O. The molecule has 0 bridgehead atoms. The standard InChI is InChI=1S/C20H18F4N2O/c21-15-10-16(12-17(11-15)26-8-4-5-9-26)25-19(27)13-18(20(22,23)24)14-6-2-1-3-7-14/h1-3,6-7,10-13H,4-5,8-9H2,(H,25,27)/b18-13-. The maximum Gasteiger partial charge on any atom is 0.417 e. The maximum atomic E-state index is 13.9. The highest BCUT2D eigenvalue weighted by atomic mass is 19.4. The molecule has 1 aliphatic heterocycles. The van der Waals surface area contributed by atoms with Crippen molar-refractivity contribution in [2.45, 2.75) is 19.0 Å². The average Bonchev–Trinajstić information content (AvgIpc) is 3.13. The molecule has 1 saturated heterocycles. The van der Waals surface area contributed by atoms with Gasteiger partial charge in [-0.3, -0.25) is 4.79 Å². The van der Waals surface area contributed by atoms with Crippen LogP contribution in [-0.2, 0) is 4.79 Å². The molecule has 0 spiro atoms. The molecule has 0 unspecified atom stereocenters. The van der Waals surface area contributed by atoms with Gasteiger partial charge in [0.25, 0.3) is 0 Å². The predicted molar refractivity (Wildman–Crippen MR) is 97.0 cm³/mol. The monoisotopic (exact) mass is 378 g/mol. The minimum absolute atomic E-state index is 0.114. The van der Waals surface area contributed by atoms with E-state index in [1.807, 2.05) is 4.90 Å². The topological polar surface area (TPSA) is 32.3 Å². The van der Waals surface area contributed by atoms with Crippen LogP contribution in [0, 0.1) is 5.82 Å². The van der Waals surface area contributed by atoms with Crippen molar-refractivity contribution < 1.29 is 22.4 Å². The molecule has 0 aromatic heterocycles. The quantitative estimate of drug-likeness (QED) is 0.599. The Hall–Kier alpha value is -2.83. The SMILES string of the molecule is O=C(/C=C(/c1ccccc1)C(F)(F)F)Nc1cc(F)cc(N2CCCC2)c1. The second-order valence-corrected chi connectivity index (χ2v) is 6.30. The molecule has 1 fully saturated rings. The van der Waals surface area contributed by atoms with Crippen LogP contribution in [0.25, 0.3) is 5.57 Å². The largest absolute Gasteiger partial charge is 0.417 e. The van der Waals surface area contributed by atoms with E-state index in [0.29, 0.717) is 11.8 Å². The van der Waals surface area contributed by atoms with E-state index in [0.717, 1.165) is 32.0 Å². The summed E-state index contributed by atoms with van der Waals surface area (Å²) in [4.78, 5) is 14.1. The van der Waals surface area contributed by atoms with Gasteiger partial charge >= 0.3 is 6.18 Å². The first kappa shape index (κ1) is 18.9. The van der Waals surface area contributed by atoms with Crippen molar-refractivity contribution in [3.05, 3.63) is 66.0 Å². The van der Waals surface area contributed by atoms with Crippen LogP contribution in [0.1, 0.15) is 18.4 Å². The van der Waals surface area contributed by atoms with Crippen LogP contribution in [0.4, 0.5) is 28.9 Å². The molecule has 0 saturated carbocycles. The Balaban J connectivity index is 1.84. The summed E-state index contributed by atoms with van der Waals surface area (Å²) >= 11 is 0. The highest BCUT2D eigenvalue weighted by molar-refractivity contribution is 6.04. The van der Waals surface area contributed by atoms with Gasteiger partial charge in [0, 0.05) is 30.5 Å². The van der Waals surface area contributed by atoms with E-state index >= 15 is 0 Å². The Bertz CT molecular complexity index is 841. The van der Waals surface area contributed by atoms with Crippen LogP contribution in [0.15, 0.2) is 54.6 Å². The first-order chi connectivity index (χ1) is 12.8. The summed E-state index contributed by atoms with van der Waals surface area (Å²) in [5.74, 6) is -1.53. The first-order valence-corrected chi connectivity index (χ1v) is 8.54. The minimum Gasteiger partial charge on any atom is -0.371 e. The molecule has 0 aliphatic carbocycles. The zero-order chi connectivity index (χ0) is 19.4. The van der Waals surface area contributed by atoms with Crippen LogP contribution < -0.4 is 10.2 Å². The molecule has 2 aromatic rings. The van der Waals surface area contributed by atoms with Gasteiger partial charge in [-0.15, -0.1) is 0 Å². The van der Waals surface area contributed by atoms with Gasteiger partial charge in [-0.25, -0.2) is 4.39 Å². The molecule has 3 nitrogen and oxygen atoms in total. The summed E-state index contributed by atoms with van der Waals surface area (Å²) < 4.78 is 53.8. The van der Waals surface area contributed by atoms with Crippen molar-refractivity contribution in [2.24, 2.45) is 0 Å². The lowest BCUT2D eigenvalue weighted by Gasteiger charge is -2.18. The fraction of sp³-hybridized carbons (Fsp3) is 0.250. The molecule has 1 amide bonds. The number of carbonyl (C=O) groups is 1. The number of carbonyl (C=O) groups excluding carboxylic acids is 1. The highest BCUT2D eigenvalue weighted by Gasteiger charge is 2.35. The van der Waals surface area contributed by atoms with Crippen LogP contribution in [0.5, 0.6) is 0 Å². The second kappa shape index (κ2) is 7.82. The number of amides is 1. The van der Waals surface area contributed by atoms with Gasteiger partial charge < -0.3 is 10.2 Å². The summed E-state index contributed by atoms with van der Waals surface area (Å²) in [5, 5.41) is 2.34. The van der Waals surface area contributed by atoms with E-state index in [9.17, 15) is 22.4 Å². The van der Waals surface area contributed by atoms with Crippen LogP contribution in [0.2, 0.25) is 0 Å². The van der Waals surface area contributed by atoms with E-state index < -0.39 is 23.5 Å². The van der Waals surface area contributed by atoms with E-state index in [-0.39, 0.29) is 11.3 Å². The van der Waals surface area contributed by atoms with Gasteiger partial charge in [0.1, 0.15) is 5.82 Å². The molecule has 0 radical (unpaired) electrons. The molecule has 142 valence electrons. The molecule has 27 heavy (non-hydrogen) atoms. The number of nitrogens with zero attached hydrogens (tertiary/aromatic N) is 1. The fourth-order valence-corrected chi connectivity index (χ4v) is 3.06. The lowest BCUT2D eigenvalue weighted by atomic mass is 10.1. The number of allylic oxidation sites excluding steroid dienone is 1. The number of alkyl halides is 3. The lowest BCUT2D eigenvalue weighted by molar-refractivity contribution is -0.112. The van der Waals surface area contributed by atoms with Crippen LogP contribution in [-0.4, -0.2) is 25.2 Å². The van der Waals surface area contributed by atoms with Crippen molar-refractivity contribution in [3.8, 4) is 0 Å². The third kappa shape index (κ3) is 4.87. The number of rotatable bonds is 4. The Morgan fingerprint density at radius 1 is 1.04 bits per heavy atom. The molecule has 1 N–H and O–H groups in total. The third-order valence-corrected chi connectivity index (χ3v) is 4.29. The van der Waals surface area contributed by atoms with E-state index in [1.165, 1.54) is 30.3 Å². The maximum absolute atomic E-state index is 13.9. The number of benzene rings is 2. The number of hydrogen-bond acceptors (Lipinski definition) is 2. The van der Waals surface area contributed by atoms with Gasteiger partial charge in [0.15, 0.2) is 0 Å². The zero-order valence-corrected chi connectivity index (χ0v) is 14.4. The zero-order valence-electron chi connectivity index (χ0n) is 14.4. The lowest BCUT2D eigenvalue weighted by Crippen LogP contribution is -2.19. The summed E-state index contributed by atoms with van der Waals surface area (Å²) in [7, 11) is 0. The first-order valence-electron chi connectivity index (χ1n) is 8.54. The predicted octanol–water partition coefficient (Wildman–Crippen LogP) is 5.01. The van der Waals surface area contributed by atoms with Crippen molar-refractivity contribution >= 4 is 22.9 Å². The number of anilines is 2. The van der Waals surface area contributed by atoms with Gasteiger partial charge in [-0.2, -0.15) is 13.2 Å². The molecule has 1 aliphatic rings. The number of nitrogens with one attached hydrogen (secondary N) is 1. The Kier molecular flexibility index (Phi) is 5.48. The molecule has 2 aromatic carbocycles. The van der Waals surface area contributed by atoms with E-state index in [2.05, 4.69) is 5.32 Å². The minimum atomic E-state index is -4.69. The molecule has 7 heteroatoms. The van der Waals surface area contributed by atoms with Crippen molar-refractivity contribution in [2.75, 3.05) is 23.3 Å². The number of hydrogen-bond donors (Lipinski definition) is 1. The van der Waals surface area contributed by atoms with Gasteiger partial charge in [0.2, 0.25) is 5.91 Å². The second-order valence-electron chi connectivity index (χ2n) is 6.30.